The minimum atomic E-state index is 0.101. The van der Waals surface area contributed by atoms with Gasteiger partial charge in [0.15, 0.2) is 5.82 Å². The van der Waals surface area contributed by atoms with Crippen molar-refractivity contribution < 1.29 is 4.79 Å². The molecule has 1 aromatic rings. The molecule has 2 rings (SSSR count). The van der Waals surface area contributed by atoms with E-state index in [1.54, 1.807) is 25.2 Å². The fourth-order valence-electron chi connectivity index (χ4n) is 2.58. The maximum atomic E-state index is 11.9. The fraction of sp³-hybridized carbons (Fsp3) is 0.600. The molecule has 1 aliphatic rings. The van der Waals surface area contributed by atoms with Gasteiger partial charge < -0.3 is 20.0 Å². The predicted molar refractivity (Wildman–Crippen MR) is 85.9 cm³/mol. The van der Waals surface area contributed by atoms with Gasteiger partial charge in [-0.1, -0.05) is 0 Å². The first kappa shape index (κ1) is 15.4. The van der Waals surface area contributed by atoms with Crippen molar-refractivity contribution in [2.45, 2.75) is 18.9 Å². The number of hydrogen-bond donors (Lipinski definition) is 1. The van der Waals surface area contributed by atoms with E-state index in [9.17, 15) is 4.79 Å². The molecule has 21 heavy (non-hydrogen) atoms. The topological polar surface area (TPSA) is 51.7 Å². The summed E-state index contributed by atoms with van der Waals surface area (Å²) in [4.78, 5) is 21.9. The summed E-state index contributed by atoms with van der Waals surface area (Å²) in [5.41, 5.74) is 1.06. The second-order valence-corrected chi connectivity index (χ2v) is 5.85. The Morgan fingerprint density at radius 2 is 1.95 bits per heavy atom. The average molecular weight is 291 g/mol. The molecule has 1 N–H and O–H groups in total. The molecule has 0 spiro atoms. The van der Waals surface area contributed by atoms with E-state index in [0.717, 1.165) is 37.4 Å². The third-order valence-corrected chi connectivity index (χ3v) is 3.72. The Hall–Kier alpha value is -1.98. The van der Waals surface area contributed by atoms with Crippen LogP contribution in [0.2, 0.25) is 0 Å². The first-order chi connectivity index (χ1) is 9.99. The number of likely N-dealkylation sites (tertiary alicyclic amines) is 1. The van der Waals surface area contributed by atoms with Gasteiger partial charge >= 0.3 is 6.03 Å². The quantitative estimate of drug-likeness (QED) is 0.921. The number of hydrogen-bond acceptors (Lipinski definition) is 4. The van der Waals surface area contributed by atoms with Crippen LogP contribution < -0.4 is 10.2 Å². The highest BCUT2D eigenvalue weighted by Crippen LogP contribution is 2.24. The van der Waals surface area contributed by atoms with Crippen molar-refractivity contribution in [1.82, 2.24) is 14.8 Å². The lowest BCUT2D eigenvalue weighted by molar-refractivity contribution is 0.158. The number of aromatic nitrogens is 1. The number of anilines is 2. The van der Waals surface area contributed by atoms with E-state index < -0.39 is 0 Å². The zero-order valence-corrected chi connectivity index (χ0v) is 13.3. The summed E-state index contributed by atoms with van der Waals surface area (Å²) in [7, 11) is 7.58. The summed E-state index contributed by atoms with van der Waals surface area (Å²) >= 11 is 0. The van der Waals surface area contributed by atoms with Crippen LogP contribution in [0.4, 0.5) is 16.3 Å². The van der Waals surface area contributed by atoms with Crippen LogP contribution in [-0.2, 0) is 0 Å². The number of nitrogens with one attached hydrogen (secondary N) is 1. The number of carbonyl (C=O) groups is 1. The lowest BCUT2D eigenvalue weighted by Gasteiger charge is -2.34. The summed E-state index contributed by atoms with van der Waals surface area (Å²) in [6.07, 6.45) is 3.72. The molecule has 6 nitrogen and oxygen atoms in total. The lowest BCUT2D eigenvalue weighted by Crippen LogP contribution is -2.46. The Labute approximate surface area is 126 Å². The molecule has 0 unspecified atom stereocenters. The Balaban J connectivity index is 1.94. The van der Waals surface area contributed by atoms with Crippen LogP contribution >= 0.6 is 0 Å². The van der Waals surface area contributed by atoms with Crippen molar-refractivity contribution in [2.75, 3.05) is 51.5 Å². The standard InChI is InChI=1S/C15H25N5O/c1-18(2)14-13(6-5-9-16-14)17-12-7-10-20(11-8-12)15(21)19(3)4/h5-6,9,12,17H,7-8,10-11H2,1-4H3. The normalized spacial score (nSPS) is 15.7. The zero-order valence-electron chi connectivity index (χ0n) is 13.3. The lowest BCUT2D eigenvalue weighted by atomic mass is 10.0. The largest absolute Gasteiger partial charge is 0.379 e. The maximum absolute atomic E-state index is 11.9. The number of carbonyl (C=O) groups excluding carboxylic acids is 1. The van der Waals surface area contributed by atoms with E-state index in [1.807, 2.05) is 30.0 Å². The summed E-state index contributed by atoms with van der Waals surface area (Å²) < 4.78 is 0. The highest BCUT2D eigenvalue weighted by molar-refractivity contribution is 5.74. The van der Waals surface area contributed by atoms with Gasteiger partial charge in [0, 0.05) is 53.5 Å². The molecule has 2 heterocycles. The van der Waals surface area contributed by atoms with Gasteiger partial charge in [0.2, 0.25) is 0 Å². The van der Waals surface area contributed by atoms with Crippen molar-refractivity contribution in [3.05, 3.63) is 18.3 Å². The highest BCUT2D eigenvalue weighted by atomic mass is 16.2. The van der Waals surface area contributed by atoms with Gasteiger partial charge in [0.1, 0.15) is 0 Å². The van der Waals surface area contributed by atoms with Crippen molar-refractivity contribution >= 4 is 17.5 Å². The Morgan fingerprint density at radius 3 is 2.52 bits per heavy atom. The van der Waals surface area contributed by atoms with Crippen LogP contribution in [0.5, 0.6) is 0 Å². The predicted octanol–water partition coefficient (Wildman–Crippen LogP) is 1.71. The van der Waals surface area contributed by atoms with E-state index in [0.29, 0.717) is 6.04 Å². The number of rotatable bonds is 3. The molecule has 0 aromatic carbocycles. The summed E-state index contributed by atoms with van der Waals surface area (Å²) in [5, 5.41) is 3.56. The van der Waals surface area contributed by atoms with Gasteiger partial charge in [-0.3, -0.25) is 0 Å². The van der Waals surface area contributed by atoms with Crippen LogP contribution in [0.1, 0.15) is 12.8 Å². The third kappa shape index (κ3) is 3.77. The van der Waals surface area contributed by atoms with Crippen LogP contribution in [-0.4, -0.2) is 68.1 Å². The van der Waals surface area contributed by atoms with Gasteiger partial charge in [-0.25, -0.2) is 9.78 Å². The minimum absolute atomic E-state index is 0.101. The Bertz CT molecular complexity index is 481. The smallest absolute Gasteiger partial charge is 0.319 e. The first-order valence-corrected chi connectivity index (χ1v) is 7.34. The Kier molecular flexibility index (Phi) is 4.88. The third-order valence-electron chi connectivity index (χ3n) is 3.72. The van der Waals surface area contributed by atoms with Gasteiger partial charge in [0.25, 0.3) is 0 Å². The van der Waals surface area contributed by atoms with E-state index in [2.05, 4.69) is 16.4 Å². The minimum Gasteiger partial charge on any atom is -0.379 e. The van der Waals surface area contributed by atoms with Crippen molar-refractivity contribution in [3.63, 3.8) is 0 Å². The SMILES string of the molecule is CN(C)C(=O)N1CCC(Nc2cccnc2N(C)C)CC1. The summed E-state index contributed by atoms with van der Waals surface area (Å²) in [5.74, 6) is 0.948. The van der Waals surface area contributed by atoms with Gasteiger partial charge in [-0.05, 0) is 25.0 Å². The van der Waals surface area contributed by atoms with Crippen molar-refractivity contribution in [2.24, 2.45) is 0 Å². The fourth-order valence-corrected chi connectivity index (χ4v) is 2.58. The molecule has 0 radical (unpaired) electrons. The number of urea groups is 1. The highest BCUT2D eigenvalue weighted by Gasteiger charge is 2.24. The second-order valence-electron chi connectivity index (χ2n) is 5.85. The molecule has 6 heteroatoms. The molecule has 1 saturated heterocycles. The monoisotopic (exact) mass is 291 g/mol. The first-order valence-electron chi connectivity index (χ1n) is 7.34. The van der Waals surface area contributed by atoms with E-state index in [4.69, 9.17) is 0 Å². The summed E-state index contributed by atoms with van der Waals surface area (Å²) in [6, 6.07) is 4.49. The molecule has 0 saturated carbocycles. The van der Waals surface area contributed by atoms with E-state index in [1.165, 1.54) is 0 Å². The molecule has 1 aromatic heterocycles. The summed E-state index contributed by atoms with van der Waals surface area (Å²) in [6.45, 7) is 1.60. The maximum Gasteiger partial charge on any atom is 0.319 e. The average Bonchev–Trinajstić information content (AvgIpc) is 2.47. The van der Waals surface area contributed by atoms with Crippen molar-refractivity contribution in [3.8, 4) is 0 Å². The molecule has 1 aliphatic heterocycles. The van der Waals surface area contributed by atoms with Gasteiger partial charge in [-0.2, -0.15) is 0 Å². The van der Waals surface area contributed by atoms with Crippen molar-refractivity contribution in [1.29, 1.82) is 0 Å². The molecule has 1 fully saturated rings. The van der Waals surface area contributed by atoms with Gasteiger partial charge in [-0.15, -0.1) is 0 Å². The molecule has 0 aliphatic carbocycles. The van der Waals surface area contributed by atoms with Crippen LogP contribution in [0.25, 0.3) is 0 Å². The number of piperidine rings is 1. The van der Waals surface area contributed by atoms with Gasteiger partial charge in [0.05, 0.1) is 5.69 Å². The number of amides is 2. The van der Waals surface area contributed by atoms with E-state index in [-0.39, 0.29) is 6.03 Å². The molecule has 0 bridgehead atoms. The van der Waals surface area contributed by atoms with Crippen LogP contribution in [0.15, 0.2) is 18.3 Å². The molecular formula is C15H25N5O. The number of pyridine rings is 1. The van der Waals surface area contributed by atoms with E-state index >= 15 is 0 Å². The molecular weight excluding hydrogens is 266 g/mol. The second kappa shape index (κ2) is 6.65. The molecule has 116 valence electrons. The molecule has 2 amide bonds. The number of nitrogens with zero attached hydrogens (tertiary/aromatic N) is 4. The zero-order chi connectivity index (χ0) is 15.4. The van der Waals surface area contributed by atoms with Crippen LogP contribution in [0, 0.1) is 0 Å². The Morgan fingerprint density at radius 1 is 1.29 bits per heavy atom. The van der Waals surface area contributed by atoms with Crippen LogP contribution in [0.3, 0.4) is 0 Å². The molecule has 0 atom stereocenters.